The van der Waals surface area contributed by atoms with E-state index >= 15 is 0 Å². The van der Waals surface area contributed by atoms with Crippen LogP contribution < -0.4 is 14.8 Å². The maximum Gasteiger partial charge on any atom is 0.135 e. The number of nitrogens with one attached hydrogen (secondary N) is 1. The molecular weight excluding hydrogens is 270 g/mol. The molecule has 106 valence electrons. The average Bonchev–Trinajstić information content (AvgIpc) is 2.92. The van der Waals surface area contributed by atoms with Gasteiger partial charge in [-0.25, -0.2) is 0 Å². The van der Waals surface area contributed by atoms with Gasteiger partial charge in [-0.15, -0.1) is 11.3 Å². The molecule has 2 heterocycles. The lowest BCUT2D eigenvalue weighted by atomic mass is 9.95. The molecule has 0 saturated heterocycles. The van der Waals surface area contributed by atoms with Gasteiger partial charge in [0.2, 0.25) is 0 Å². The maximum absolute atomic E-state index is 6.18. The molecule has 2 aromatic rings. The second-order valence-corrected chi connectivity index (χ2v) is 6.36. The first kappa shape index (κ1) is 13.5. The molecule has 2 unspecified atom stereocenters. The highest BCUT2D eigenvalue weighted by Crippen LogP contribution is 2.43. The number of methoxy groups -OCH3 is 1. The van der Waals surface area contributed by atoms with Crippen LogP contribution in [-0.2, 0) is 0 Å². The lowest BCUT2D eigenvalue weighted by Crippen LogP contribution is -2.26. The molecule has 1 N–H and O–H groups in total. The fraction of sp³-hybridized carbons (Fsp3) is 0.375. The van der Waals surface area contributed by atoms with E-state index < -0.39 is 0 Å². The summed E-state index contributed by atoms with van der Waals surface area (Å²) in [5, 5.41) is 3.39. The Labute approximate surface area is 123 Å². The highest BCUT2D eigenvalue weighted by Gasteiger charge is 2.29. The summed E-state index contributed by atoms with van der Waals surface area (Å²) in [5.74, 6) is 1.82. The van der Waals surface area contributed by atoms with Crippen LogP contribution in [0, 0.1) is 6.92 Å². The second-order valence-electron chi connectivity index (χ2n) is 5.04. The zero-order valence-corrected chi connectivity index (χ0v) is 12.8. The van der Waals surface area contributed by atoms with Gasteiger partial charge >= 0.3 is 0 Å². The fourth-order valence-electron chi connectivity index (χ4n) is 2.65. The molecule has 4 heteroatoms. The molecule has 0 saturated carbocycles. The summed E-state index contributed by atoms with van der Waals surface area (Å²) in [4.78, 5) is 2.62. The van der Waals surface area contributed by atoms with Crippen molar-refractivity contribution < 1.29 is 9.47 Å². The Hall–Kier alpha value is -1.52. The summed E-state index contributed by atoms with van der Waals surface area (Å²) >= 11 is 1.81. The van der Waals surface area contributed by atoms with Crippen molar-refractivity contribution in [3.8, 4) is 11.5 Å². The number of hydrogen-bond acceptors (Lipinski definition) is 4. The van der Waals surface area contributed by atoms with Gasteiger partial charge in [-0.05, 0) is 44.3 Å². The first-order valence-electron chi connectivity index (χ1n) is 6.79. The summed E-state index contributed by atoms with van der Waals surface area (Å²) in [6.45, 7) is 2.13. The van der Waals surface area contributed by atoms with Gasteiger partial charge in [-0.3, -0.25) is 0 Å². The molecule has 0 aliphatic carbocycles. The molecule has 1 aromatic heterocycles. The third-order valence-corrected chi connectivity index (χ3v) is 4.83. The third kappa shape index (κ3) is 2.41. The Kier molecular flexibility index (Phi) is 3.68. The van der Waals surface area contributed by atoms with Gasteiger partial charge in [-0.1, -0.05) is 0 Å². The van der Waals surface area contributed by atoms with Gasteiger partial charge in [0.25, 0.3) is 0 Å². The smallest absolute Gasteiger partial charge is 0.135 e. The number of ether oxygens (including phenoxy) is 2. The minimum Gasteiger partial charge on any atom is -0.497 e. The first-order valence-corrected chi connectivity index (χ1v) is 7.61. The van der Waals surface area contributed by atoms with E-state index in [0.29, 0.717) is 6.04 Å². The Morgan fingerprint density at radius 3 is 2.80 bits per heavy atom. The van der Waals surface area contributed by atoms with Gasteiger partial charge in [0, 0.05) is 27.8 Å². The number of fused-ring (bicyclic) bond motifs is 1. The Morgan fingerprint density at radius 2 is 2.15 bits per heavy atom. The van der Waals surface area contributed by atoms with E-state index in [1.54, 1.807) is 7.11 Å². The normalized spacial score (nSPS) is 21.1. The van der Waals surface area contributed by atoms with Crippen LogP contribution in [0.2, 0.25) is 0 Å². The summed E-state index contributed by atoms with van der Waals surface area (Å²) in [7, 11) is 3.69. The van der Waals surface area contributed by atoms with Crippen LogP contribution in [0.25, 0.3) is 0 Å². The minimum absolute atomic E-state index is 0.132. The SMILES string of the molecule is CNC1CC(c2ccc(C)s2)Oc2ccc(OC)cc21. The van der Waals surface area contributed by atoms with Crippen molar-refractivity contribution >= 4 is 11.3 Å². The summed E-state index contributed by atoms with van der Waals surface area (Å²) in [6.07, 6.45) is 1.07. The number of aryl methyl sites for hydroxylation is 1. The summed E-state index contributed by atoms with van der Waals surface area (Å²) in [5.41, 5.74) is 1.18. The Morgan fingerprint density at radius 1 is 1.30 bits per heavy atom. The van der Waals surface area contributed by atoms with E-state index in [9.17, 15) is 0 Å². The van der Waals surface area contributed by atoms with Crippen molar-refractivity contribution in [2.75, 3.05) is 14.2 Å². The lowest BCUT2D eigenvalue weighted by Gasteiger charge is -2.32. The number of benzene rings is 1. The first-order chi connectivity index (χ1) is 9.71. The van der Waals surface area contributed by atoms with Crippen LogP contribution in [0.5, 0.6) is 11.5 Å². The molecular formula is C16H19NO2S. The van der Waals surface area contributed by atoms with Crippen LogP contribution in [0.3, 0.4) is 0 Å². The molecule has 2 atom stereocenters. The second kappa shape index (κ2) is 5.46. The molecule has 0 bridgehead atoms. The Bertz CT molecular complexity index is 608. The van der Waals surface area contributed by atoms with E-state index in [2.05, 4.69) is 30.4 Å². The monoisotopic (exact) mass is 289 g/mol. The Balaban J connectivity index is 1.94. The molecule has 0 radical (unpaired) electrons. The average molecular weight is 289 g/mol. The van der Waals surface area contributed by atoms with Crippen molar-refractivity contribution in [2.45, 2.75) is 25.5 Å². The maximum atomic E-state index is 6.18. The third-order valence-electron chi connectivity index (χ3n) is 3.74. The molecule has 1 aliphatic rings. The van der Waals surface area contributed by atoms with Crippen LogP contribution >= 0.6 is 11.3 Å². The molecule has 1 aromatic carbocycles. The van der Waals surface area contributed by atoms with E-state index in [1.807, 2.05) is 30.5 Å². The topological polar surface area (TPSA) is 30.5 Å². The lowest BCUT2D eigenvalue weighted by molar-refractivity contribution is 0.157. The largest absolute Gasteiger partial charge is 0.497 e. The molecule has 20 heavy (non-hydrogen) atoms. The quantitative estimate of drug-likeness (QED) is 0.931. The van der Waals surface area contributed by atoms with E-state index in [-0.39, 0.29) is 6.10 Å². The van der Waals surface area contributed by atoms with E-state index in [0.717, 1.165) is 17.9 Å². The highest BCUT2D eigenvalue weighted by atomic mass is 32.1. The molecule has 3 nitrogen and oxygen atoms in total. The van der Waals surface area contributed by atoms with Crippen molar-refractivity contribution in [2.24, 2.45) is 0 Å². The van der Waals surface area contributed by atoms with Gasteiger partial charge in [0.1, 0.15) is 17.6 Å². The summed E-state index contributed by atoms with van der Waals surface area (Å²) < 4.78 is 11.5. The molecule has 0 amide bonds. The van der Waals surface area contributed by atoms with Crippen LogP contribution in [0.4, 0.5) is 0 Å². The zero-order valence-electron chi connectivity index (χ0n) is 12.0. The molecule has 0 spiro atoms. The molecule has 3 rings (SSSR count). The number of rotatable bonds is 3. The highest BCUT2D eigenvalue weighted by molar-refractivity contribution is 7.12. The fourth-order valence-corrected chi connectivity index (χ4v) is 3.57. The van der Waals surface area contributed by atoms with E-state index in [4.69, 9.17) is 9.47 Å². The number of hydrogen-bond donors (Lipinski definition) is 1. The van der Waals surface area contributed by atoms with Crippen molar-refractivity contribution in [3.05, 3.63) is 45.6 Å². The predicted molar refractivity (Wildman–Crippen MR) is 81.8 cm³/mol. The standard InChI is InChI=1S/C16H19NO2S/c1-10-4-7-16(20-10)15-9-13(17-2)12-8-11(18-3)5-6-14(12)19-15/h4-8,13,15,17H,9H2,1-3H3. The number of thiophene rings is 1. The van der Waals surface area contributed by atoms with Crippen LogP contribution in [0.1, 0.15) is 33.9 Å². The minimum atomic E-state index is 0.132. The van der Waals surface area contributed by atoms with Crippen LogP contribution in [-0.4, -0.2) is 14.2 Å². The molecule has 1 aliphatic heterocycles. The molecule has 0 fully saturated rings. The van der Waals surface area contributed by atoms with Gasteiger partial charge in [0.05, 0.1) is 7.11 Å². The summed E-state index contributed by atoms with van der Waals surface area (Å²) in [6, 6.07) is 10.6. The van der Waals surface area contributed by atoms with Crippen LogP contribution in [0.15, 0.2) is 30.3 Å². The van der Waals surface area contributed by atoms with E-state index in [1.165, 1.54) is 15.3 Å². The van der Waals surface area contributed by atoms with Gasteiger partial charge in [-0.2, -0.15) is 0 Å². The van der Waals surface area contributed by atoms with Crippen molar-refractivity contribution in [3.63, 3.8) is 0 Å². The predicted octanol–water partition coefficient (Wildman–Crippen LogP) is 3.85. The van der Waals surface area contributed by atoms with Gasteiger partial charge < -0.3 is 14.8 Å². The van der Waals surface area contributed by atoms with Gasteiger partial charge in [0.15, 0.2) is 0 Å². The van der Waals surface area contributed by atoms with Crippen molar-refractivity contribution in [1.29, 1.82) is 0 Å². The van der Waals surface area contributed by atoms with Crippen molar-refractivity contribution in [1.82, 2.24) is 5.32 Å². The zero-order chi connectivity index (χ0) is 14.1.